The van der Waals surface area contributed by atoms with Crippen molar-refractivity contribution < 1.29 is 9.15 Å². The van der Waals surface area contributed by atoms with Crippen molar-refractivity contribution in [1.82, 2.24) is 0 Å². The molecular weight excluding hydrogens is 1160 g/mol. The number of nitrogens with zero attached hydrogens (tertiary/aromatic N) is 4. The van der Waals surface area contributed by atoms with Gasteiger partial charge in [0.15, 0.2) is 24.5 Å². The summed E-state index contributed by atoms with van der Waals surface area (Å²) in [6.45, 7) is 11.5. The highest BCUT2D eigenvalue weighted by molar-refractivity contribution is 6.10. The lowest BCUT2D eigenvalue weighted by atomic mass is 9.72. The van der Waals surface area contributed by atoms with Gasteiger partial charge in [-0.05, 0) is 155 Å². The third-order valence-corrected chi connectivity index (χ3v) is 22.1. The molecule has 468 valence electrons. The summed E-state index contributed by atoms with van der Waals surface area (Å²) < 4.78 is 5.26. The fourth-order valence-corrected chi connectivity index (χ4v) is 17.6. The molecule has 0 saturated heterocycles. The van der Waals surface area contributed by atoms with E-state index in [4.69, 9.17) is 0 Å². The Morgan fingerprint density at radius 3 is 0.969 bits per heavy atom. The molecule has 4 heteroatoms. The lowest BCUT2D eigenvalue weighted by Crippen LogP contribution is -2.32. The first-order valence-corrected chi connectivity index (χ1v) is 34.4. The van der Waals surface area contributed by atoms with E-state index in [1.165, 1.54) is 133 Å². The summed E-state index contributed by atoms with van der Waals surface area (Å²) >= 11 is 0. The highest BCUT2D eigenvalue weighted by Gasteiger charge is 2.51. The molecular formula is C92H82N4+2. The number of hydrogen-bond acceptors (Lipinski definition) is 2. The van der Waals surface area contributed by atoms with Crippen LogP contribution in [0.3, 0.4) is 0 Å². The van der Waals surface area contributed by atoms with E-state index >= 15 is 0 Å². The highest BCUT2D eigenvalue weighted by Crippen LogP contribution is 2.55. The minimum atomic E-state index is -0.424. The molecule has 4 unspecified atom stereocenters. The lowest BCUT2D eigenvalue weighted by Gasteiger charge is -2.29. The van der Waals surface area contributed by atoms with Gasteiger partial charge in [0.05, 0.1) is 10.8 Å². The molecule has 4 nitrogen and oxygen atoms in total. The van der Waals surface area contributed by atoms with Crippen LogP contribution in [-0.4, -0.2) is 34.7 Å². The second kappa shape index (κ2) is 24.3. The van der Waals surface area contributed by atoms with Gasteiger partial charge in [-0.15, -0.1) is 0 Å². The van der Waals surface area contributed by atoms with Gasteiger partial charge in [-0.1, -0.05) is 255 Å². The summed E-state index contributed by atoms with van der Waals surface area (Å²) in [4.78, 5) is 4.92. The third kappa shape index (κ3) is 10.1. The Labute approximate surface area is 566 Å². The maximum Gasteiger partial charge on any atom is 0.210 e. The van der Waals surface area contributed by atoms with E-state index in [0.717, 1.165) is 38.8 Å². The lowest BCUT2D eigenvalue weighted by molar-refractivity contribution is -0.455. The van der Waals surface area contributed by atoms with Gasteiger partial charge < -0.3 is 9.80 Å². The van der Waals surface area contributed by atoms with Gasteiger partial charge in [0.2, 0.25) is 11.4 Å². The molecule has 0 radical (unpaired) electrons. The van der Waals surface area contributed by atoms with Crippen molar-refractivity contribution in [2.45, 2.75) is 88.1 Å². The van der Waals surface area contributed by atoms with Crippen molar-refractivity contribution in [3.05, 3.63) is 371 Å². The van der Waals surface area contributed by atoms with Gasteiger partial charge in [0.25, 0.3) is 0 Å². The third-order valence-electron chi connectivity index (χ3n) is 22.1. The maximum atomic E-state index is 2.63. The van der Waals surface area contributed by atoms with Crippen molar-refractivity contribution in [2.75, 3.05) is 23.9 Å². The van der Waals surface area contributed by atoms with Crippen molar-refractivity contribution in [1.29, 1.82) is 0 Å². The predicted molar refractivity (Wildman–Crippen MR) is 405 cm³/mol. The summed E-state index contributed by atoms with van der Waals surface area (Å²) in [7, 11) is 4.54. The largest absolute Gasteiger partial charge is 0.347 e. The van der Waals surface area contributed by atoms with E-state index in [-0.39, 0.29) is 10.8 Å². The van der Waals surface area contributed by atoms with Crippen molar-refractivity contribution in [3.63, 3.8) is 0 Å². The number of allylic oxidation sites excluding steroid dienone is 10. The molecule has 96 heavy (non-hydrogen) atoms. The fourth-order valence-electron chi connectivity index (χ4n) is 17.6. The second-order valence-corrected chi connectivity index (χ2v) is 28.1. The molecule has 4 heterocycles. The minimum Gasteiger partial charge on any atom is -0.347 e. The predicted octanol–water partition coefficient (Wildman–Crippen LogP) is 21.6. The van der Waals surface area contributed by atoms with Crippen molar-refractivity contribution in [3.8, 4) is 0 Å². The van der Waals surface area contributed by atoms with Crippen LogP contribution < -0.4 is 9.80 Å². The molecule has 0 N–H and O–H groups in total. The first-order valence-electron chi connectivity index (χ1n) is 34.4. The van der Waals surface area contributed by atoms with Crippen LogP contribution in [0.1, 0.15) is 85.0 Å². The average Bonchev–Trinajstić information content (AvgIpc) is 1.59. The number of fused-ring (bicyclic) bond motifs is 12. The summed E-state index contributed by atoms with van der Waals surface area (Å²) in [5.74, 6) is 0. The molecule has 4 atom stereocenters. The average molecular weight is 1240 g/mol. The SMILES string of the molecule is CN1/C(=C/C=C/C2=[N+](Cc3ccccc3)c3ccc4ccccc4c3C2(C)CC=CCC2(C)C(/C=C/C=C3/N(C)c4ccc5ccccc5c4C3(C)Cc3ccccc3)=[N+](Cc3ccccc3)c3ccc4ccccc4c32)C(C)(Cc2ccccc2)c2c1ccc1ccccc21. The van der Waals surface area contributed by atoms with Gasteiger partial charge in [-0.2, -0.15) is 9.15 Å². The normalized spacial score (nSPS) is 21.4. The monoisotopic (exact) mass is 1240 g/mol. The molecule has 4 aliphatic heterocycles. The number of anilines is 2. The zero-order valence-electron chi connectivity index (χ0n) is 56.1. The summed E-state index contributed by atoms with van der Waals surface area (Å²) in [6, 6.07) is 99.0. The quantitative estimate of drug-likeness (QED) is 0.0706. The minimum absolute atomic E-state index is 0.304. The van der Waals surface area contributed by atoms with Crippen molar-refractivity contribution >= 4 is 77.3 Å². The first-order chi connectivity index (χ1) is 46.9. The number of likely N-dealkylation sites (N-methyl/N-ethyl adjacent to an activating group) is 2. The molecule has 0 bridgehead atoms. The number of benzene rings is 12. The van der Waals surface area contributed by atoms with E-state index in [9.17, 15) is 0 Å². The summed E-state index contributed by atoms with van der Waals surface area (Å²) in [5, 5.41) is 10.3. The smallest absolute Gasteiger partial charge is 0.210 e. The van der Waals surface area contributed by atoms with E-state index in [0.29, 0.717) is 0 Å². The van der Waals surface area contributed by atoms with Crippen LogP contribution in [0.15, 0.2) is 327 Å². The Hall–Kier alpha value is -10.7. The molecule has 0 aromatic heterocycles. The van der Waals surface area contributed by atoms with E-state index in [1.54, 1.807) is 0 Å². The summed E-state index contributed by atoms with van der Waals surface area (Å²) in [6.07, 6.45) is 23.0. The molecule has 16 rings (SSSR count). The molecule has 4 aliphatic rings. The van der Waals surface area contributed by atoms with Crippen molar-refractivity contribution in [2.24, 2.45) is 0 Å². The molecule has 0 spiro atoms. The second-order valence-electron chi connectivity index (χ2n) is 28.1. The Kier molecular flexibility index (Phi) is 15.2. The molecule has 0 saturated carbocycles. The van der Waals surface area contributed by atoms with Crippen LogP contribution in [0.25, 0.3) is 43.1 Å². The van der Waals surface area contributed by atoms with Crippen LogP contribution in [0.5, 0.6) is 0 Å². The Balaban J connectivity index is 0.824. The van der Waals surface area contributed by atoms with E-state index in [2.05, 4.69) is 376 Å². The molecule has 0 amide bonds. The van der Waals surface area contributed by atoms with E-state index < -0.39 is 10.8 Å². The van der Waals surface area contributed by atoms with Crippen LogP contribution in [0.4, 0.5) is 22.7 Å². The molecule has 0 fully saturated rings. The summed E-state index contributed by atoms with van der Waals surface area (Å²) in [5.41, 5.74) is 19.5. The number of rotatable bonds is 16. The van der Waals surface area contributed by atoms with Gasteiger partial charge in [0, 0.05) is 94.2 Å². The van der Waals surface area contributed by atoms with Crippen LogP contribution in [-0.2, 0) is 47.6 Å². The van der Waals surface area contributed by atoms with Gasteiger partial charge in [-0.3, -0.25) is 0 Å². The van der Waals surface area contributed by atoms with Gasteiger partial charge in [-0.25, -0.2) is 0 Å². The Morgan fingerprint density at radius 2 is 0.615 bits per heavy atom. The van der Waals surface area contributed by atoms with Crippen LogP contribution in [0, 0.1) is 0 Å². The zero-order chi connectivity index (χ0) is 65.2. The van der Waals surface area contributed by atoms with Crippen LogP contribution in [0.2, 0.25) is 0 Å². The molecule has 0 aliphatic carbocycles. The zero-order valence-corrected chi connectivity index (χ0v) is 56.1. The molecule has 12 aromatic rings. The Morgan fingerprint density at radius 1 is 0.312 bits per heavy atom. The molecule has 12 aromatic carbocycles. The standard InChI is InChI=1S/C92H82N4/c1-89(83(95(63-67-35-15-9-16-36-67)79-57-53-71-41-21-25-45-75(71)87(79)89)49-29-47-81-91(3,61-65-31-11-7-12-32-65)85-73-43-23-19-39-69(73)51-55-77(85)93(81)5)59-27-28-60-90(2)84(96(64-68-37-17-10-18-38-68)80-58-54-72-42-22-26-46-76(72)88(80)90)50-30-48-82-92(4,62-66-33-13-8-14-34-66)86-74-44-24-20-40-70(74)52-56-78(86)94(82)6/h7-58H,59-64H2,1-6H3/q+2. The van der Waals surface area contributed by atoms with E-state index in [1.807, 2.05) is 0 Å². The topological polar surface area (TPSA) is 12.5 Å². The maximum absolute atomic E-state index is 2.63. The van der Waals surface area contributed by atoms with Gasteiger partial charge in [0.1, 0.15) is 0 Å². The highest BCUT2D eigenvalue weighted by atomic mass is 15.2. The fraction of sp³-hybridized carbons (Fsp3) is 0.174. The number of hydrogen-bond donors (Lipinski definition) is 0. The Bertz CT molecular complexity index is 4930. The van der Waals surface area contributed by atoms with Gasteiger partial charge >= 0.3 is 0 Å². The van der Waals surface area contributed by atoms with Crippen LogP contribution >= 0.6 is 0 Å². The first kappa shape index (κ1) is 60.3.